The second-order valence-electron chi connectivity index (χ2n) is 11.2. The monoisotopic (exact) mass is 584 g/mol. The van der Waals surface area contributed by atoms with E-state index in [0.717, 1.165) is 0 Å². The number of nitrogens with zero attached hydrogens (tertiary/aromatic N) is 6. The molecule has 0 aliphatic carbocycles. The Labute approximate surface area is 234 Å². The topological polar surface area (TPSA) is 132 Å². The number of hydrogen-bond donors (Lipinski definition) is 0. The van der Waals surface area contributed by atoms with Crippen molar-refractivity contribution < 1.29 is 31.4 Å². The van der Waals surface area contributed by atoms with Crippen molar-refractivity contribution in [3.8, 4) is 40.0 Å². The fourth-order valence-electron chi connectivity index (χ4n) is 4.22. The molecule has 3 heterocycles. The van der Waals surface area contributed by atoms with Gasteiger partial charge in [-0.3, -0.25) is 0 Å². The van der Waals surface area contributed by atoms with E-state index in [-0.39, 0.29) is 28.7 Å². The van der Waals surface area contributed by atoms with Crippen LogP contribution in [0.3, 0.4) is 0 Å². The molecular weight excluding hydrogens is 557 g/mol. The molecule has 0 saturated heterocycles. The summed E-state index contributed by atoms with van der Waals surface area (Å²) in [6.07, 6.45) is -5.33. The lowest BCUT2D eigenvalue weighted by molar-refractivity contribution is -0.137. The smallest absolute Gasteiger partial charge is 0.422 e. The van der Waals surface area contributed by atoms with E-state index < -0.39 is 43.9 Å². The molecule has 0 spiro atoms. The first-order valence-electron chi connectivity index (χ1n) is 12.8. The molecule has 0 fully saturated rings. The van der Waals surface area contributed by atoms with E-state index in [1.165, 1.54) is 12.1 Å². The van der Waals surface area contributed by atoms with E-state index in [4.69, 9.17) is 23.7 Å². The molecule has 0 N–H and O–H groups in total. The van der Waals surface area contributed by atoms with Crippen LogP contribution in [-0.4, -0.2) is 36.3 Å². The van der Waals surface area contributed by atoms with Crippen LogP contribution in [0, 0.1) is 0 Å². The van der Waals surface area contributed by atoms with Crippen LogP contribution in [0.15, 0.2) is 62.7 Å². The SMILES string of the molecule is CC(C)(C)[Si](C)(C)O[C@H]1c2ccc(-c3noc(-c4onc(-c5ccccc5)c4C(F)(F)F)n3)cc2OC[C@H]1N=[N+]=[N-]. The number of halogens is 3. The highest BCUT2D eigenvalue weighted by Crippen LogP contribution is 2.46. The molecule has 0 amide bonds. The van der Waals surface area contributed by atoms with Crippen molar-refractivity contribution in [2.75, 3.05) is 6.61 Å². The summed E-state index contributed by atoms with van der Waals surface area (Å²) in [5, 5.41) is 11.4. The molecule has 0 bridgehead atoms. The Bertz CT molecular complexity index is 1610. The van der Waals surface area contributed by atoms with Gasteiger partial charge in [-0.2, -0.15) is 18.2 Å². The number of hydrogen-bond acceptors (Lipinski definition) is 8. The lowest BCUT2D eigenvalue weighted by Gasteiger charge is -2.42. The van der Waals surface area contributed by atoms with Crippen molar-refractivity contribution in [3.63, 3.8) is 0 Å². The molecule has 2 aromatic heterocycles. The molecule has 41 heavy (non-hydrogen) atoms. The molecule has 0 saturated carbocycles. The minimum Gasteiger partial charge on any atom is -0.493 e. The minimum atomic E-state index is -4.80. The van der Waals surface area contributed by atoms with E-state index in [1.54, 1.807) is 36.4 Å². The lowest BCUT2D eigenvalue weighted by atomic mass is 9.98. The minimum absolute atomic E-state index is 0.0243. The van der Waals surface area contributed by atoms with Gasteiger partial charge in [-0.1, -0.05) is 78.7 Å². The third-order valence-electron chi connectivity index (χ3n) is 7.41. The Balaban J connectivity index is 1.50. The van der Waals surface area contributed by atoms with Crippen LogP contribution < -0.4 is 4.74 Å². The predicted molar refractivity (Wildman–Crippen MR) is 145 cm³/mol. The van der Waals surface area contributed by atoms with Gasteiger partial charge in [0.2, 0.25) is 11.6 Å². The van der Waals surface area contributed by atoms with Crippen LogP contribution in [-0.2, 0) is 10.6 Å². The van der Waals surface area contributed by atoms with Crippen LogP contribution >= 0.6 is 0 Å². The van der Waals surface area contributed by atoms with Crippen molar-refractivity contribution in [2.45, 2.75) is 57.2 Å². The maximum Gasteiger partial charge on any atom is 0.422 e. The van der Waals surface area contributed by atoms with Crippen molar-refractivity contribution in [1.29, 1.82) is 0 Å². The van der Waals surface area contributed by atoms with Crippen LogP contribution in [0.4, 0.5) is 13.2 Å². The van der Waals surface area contributed by atoms with E-state index in [2.05, 4.69) is 59.2 Å². The fourth-order valence-corrected chi connectivity index (χ4v) is 5.50. The number of benzene rings is 2. The number of fused-ring (bicyclic) bond motifs is 1. The Kier molecular flexibility index (Phi) is 7.18. The molecule has 0 unspecified atom stereocenters. The van der Waals surface area contributed by atoms with Gasteiger partial charge in [0.05, 0.1) is 12.7 Å². The molecule has 2 atom stereocenters. The molecular formula is C27H27F3N6O4Si. The second kappa shape index (κ2) is 10.4. The summed E-state index contributed by atoms with van der Waals surface area (Å²) in [6, 6.07) is 12.4. The number of alkyl halides is 3. The third-order valence-corrected chi connectivity index (χ3v) is 11.9. The molecule has 0 radical (unpaired) electrons. The van der Waals surface area contributed by atoms with Crippen LogP contribution in [0.25, 0.3) is 44.7 Å². The largest absolute Gasteiger partial charge is 0.493 e. The van der Waals surface area contributed by atoms with E-state index in [0.29, 0.717) is 16.9 Å². The van der Waals surface area contributed by atoms with Crippen molar-refractivity contribution in [3.05, 3.63) is 70.1 Å². The lowest BCUT2D eigenvalue weighted by Crippen LogP contribution is -2.45. The summed E-state index contributed by atoms with van der Waals surface area (Å²) in [6.45, 7) is 10.6. The second-order valence-corrected chi connectivity index (χ2v) is 15.9. The van der Waals surface area contributed by atoms with Crippen molar-refractivity contribution >= 4 is 8.32 Å². The zero-order valence-electron chi connectivity index (χ0n) is 22.9. The van der Waals surface area contributed by atoms with Crippen molar-refractivity contribution in [1.82, 2.24) is 15.3 Å². The Morgan fingerprint density at radius 3 is 2.41 bits per heavy atom. The number of ether oxygens (including phenoxy) is 1. The van der Waals surface area contributed by atoms with Crippen LogP contribution in [0.1, 0.15) is 38.0 Å². The van der Waals surface area contributed by atoms with Gasteiger partial charge in [0.25, 0.3) is 5.89 Å². The first kappa shape index (κ1) is 28.4. The standard InChI is InChI=1S/C27H27F3N6O4Si/c1-26(2,3)41(4,5)40-22-17-12-11-16(13-19(17)37-14-18(22)33-36-31)24-32-25(39-35-24)23-20(27(28,29)30)21(34-38-23)15-9-7-6-8-10-15/h6-13,18,22H,14H2,1-5H3/t18-,22+/m1/s1. The maximum absolute atomic E-state index is 14.1. The summed E-state index contributed by atoms with van der Waals surface area (Å²) >= 11 is 0. The molecule has 14 heteroatoms. The Morgan fingerprint density at radius 1 is 1.02 bits per heavy atom. The molecule has 4 aromatic rings. The van der Waals surface area contributed by atoms with Gasteiger partial charge in [-0.25, -0.2) is 0 Å². The van der Waals surface area contributed by atoms with Gasteiger partial charge in [-0.05, 0) is 29.7 Å². The fraction of sp³-hybridized carbons (Fsp3) is 0.370. The maximum atomic E-state index is 14.1. The van der Waals surface area contributed by atoms with Crippen molar-refractivity contribution in [2.24, 2.45) is 5.11 Å². The first-order chi connectivity index (χ1) is 19.3. The Hall–Kier alpha value is -4.13. The summed E-state index contributed by atoms with van der Waals surface area (Å²) in [4.78, 5) is 7.15. The van der Waals surface area contributed by atoms with Gasteiger partial charge >= 0.3 is 6.18 Å². The molecule has 5 rings (SSSR count). The summed E-state index contributed by atoms with van der Waals surface area (Å²) < 4.78 is 65.1. The van der Waals surface area contributed by atoms with Gasteiger partial charge in [-0.15, -0.1) is 0 Å². The van der Waals surface area contributed by atoms with E-state index in [9.17, 15) is 13.2 Å². The number of rotatable bonds is 6. The normalized spacial score (nSPS) is 17.5. The van der Waals surface area contributed by atoms with E-state index >= 15 is 0 Å². The number of azide groups is 1. The highest BCUT2D eigenvalue weighted by atomic mass is 28.4. The molecule has 1 aliphatic rings. The zero-order chi connectivity index (χ0) is 29.6. The average Bonchev–Trinajstić information content (AvgIpc) is 3.57. The van der Waals surface area contributed by atoms with Gasteiger partial charge < -0.3 is 18.2 Å². The molecule has 2 aromatic carbocycles. The first-order valence-corrected chi connectivity index (χ1v) is 15.7. The summed E-state index contributed by atoms with van der Waals surface area (Å²) in [5.41, 5.74) is 8.98. The summed E-state index contributed by atoms with van der Waals surface area (Å²) in [5.74, 6) is -0.660. The molecule has 1 aliphatic heterocycles. The van der Waals surface area contributed by atoms with Crippen LogP contribution in [0.5, 0.6) is 5.75 Å². The summed E-state index contributed by atoms with van der Waals surface area (Å²) in [7, 11) is -2.27. The molecule has 214 valence electrons. The van der Waals surface area contributed by atoms with Gasteiger partial charge in [0.1, 0.15) is 23.0 Å². The quantitative estimate of drug-likeness (QED) is 0.0965. The van der Waals surface area contributed by atoms with Gasteiger partial charge in [0, 0.05) is 21.6 Å². The predicted octanol–water partition coefficient (Wildman–Crippen LogP) is 8.21. The number of aromatic nitrogens is 3. The highest BCUT2D eigenvalue weighted by Gasteiger charge is 2.44. The molecule has 10 nitrogen and oxygen atoms in total. The average molecular weight is 585 g/mol. The van der Waals surface area contributed by atoms with Gasteiger partial charge in [0.15, 0.2) is 8.32 Å². The Morgan fingerprint density at radius 2 is 1.76 bits per heavy atom. The van der Waals surface area contributed by atoms with E-state index in [1.807, 2.05) is 0 Å². The zero-order valence-corrected chi connectivity index (χ0v) is 23.9. The van der Waals surface area contributed by atoms with Crippen LogP contribution in [0.2, 0.25) is 18.1 Å². The third kappa shape index (κ3) is 5.45. The highest BCUT2D eigenvalue weighted by molar-refractivity contribution is 6.74.